The molecule has 2 saturated carbocycles. The van der Waals surface area contributed by atoms with Gasteiger partial charge < -0.3 is 39.2 Å². The second kappa shape index (κ2) is 35.7. The smallest absolute Gasteiger partial charge is 0.228 e. The number of hydrogen-bond acceptors (Lipinski definition) is 8. The lowest BCUT2D eigenvalue weighted by molar-refractivity contribution is 0.344. The van der Waals surface area contributed by atoms with Crippen LogP contribution < -0.4 is 39.2 Å². The van der Waals surface area contributed by atoms with Crippen LogP contribution in [0.3, 0.4) is 0 Å². The largest absolute Gasteiger partial charge is 0.346 e. The van der Waals surface area contributed by atoms with Crippen molar-refractivity contribution in [1.29, 1.82) is 0 Å². The fourth-order valence-corrected chi connectivity index (χ4v) is 25.1. The minimum absolute atomic E-state index is 0.177. The van der Waals surface area contributed by atoms with Crippen LogP contribution in [0.4, 0.5) is 45.5 Å². The molecule has 8 aromatic rings. The number of anilines is 8. The van der Waals surface area contributed by atoms with Gasteiger partial charge in [0.2, 0.25) is 11.4 Å². The number of alkyl halides is 9. The van der Waals surface area contributed by atoms with Gasteiger partial charge in [0.25, 0.3) is 0 Å². The molecule has 8 nitrogen and oxygen atoms in total. The van der Waals surface area contributed by atoms with E-state index < -0.39 is 23.7 Å². The molecule has 4 heterocycles. The lowest BCUT2D eigenvalue weighted by atomic mass is 9.81. The van der Waals surface area contributed by atoms with Crippen molar-refractivity contribution in [3.63, 3.8) is 0 Å². The number of hydrogen-bond donors (Lipinski definition) is 0. The second-order valence-electron chi connectivity index (χ2n) is 38.0. The highest BCUT2D eigenvalue weighted by Crippen LogP contribution is 2.58. The summed E-state index contributed by atoms with van der Waals surface area (Å²) in [7, 11) is 0. The minimum Gasteiger partial charge on any atom is -0.346 e. The van der Waals surface area contributed by atoms with Gasteiger partial charge in [-0.3, -0.25) is 0 Å². The molecule has 0 aromatic heterocycles. The van der Waals surface area contributed by atoms with Gasteiger partial charge in [-0.25, -0.2) is 0 Å². The van der Waals surface area contributed by atoms with E-state index in [4.69, 9.17) is 104 Å². The van der Waals surface area contributed by atoms with Crippen LogP contribution in [0, 0.1) is 166 Å². The molecule has 2 aliphatic carbocycles. The third kappa shape index (κ3) is 18.2. The van der Waals surface area contributed by atoms with E-state index in [2.05, 4.69) is 351 Å². The molecule has 0 spiro atoms. The monoisotopic (exact) mass is 1790 g/mol. The predicted molar refractivity (Wildman–Crippen MR) is 526 cm³/mol. The van der Waals surface area contributed by atoms with E-state index in [1.54, 1.807) is 0 Å². The van der Waals surface area contributed by atoms with Crippen LogP contribution in [0.15, 0.2) is 97.1 Å². The molecule has 4 aliphatic heterocycles. The maximum Gasteiger partial charge on any atom is 0.228 e. The fourth-order valence-electron chi connectivity index (χ4n) is 23.3. The van der Waals surface area contributed by atoms with Gasteiger partial charge in [0.1, 0.15) is 0 Å². The van der Waals surface area contributed by atoms with Crippen molar-refractivity contribution in [2.24, 2.45) is 0 Å². The number of rotatable bonds is 8. The molecule has 2 unspecified atom stereocenters. The highest BCUT2D eigenvalue weighted by molar-refractivity contribution is 6.69. The standard InChI is InChI=1S/C26H33Cl3N2.C26H35Cl3N2.C26H36N2.C24H31Cl3N2/c1-15-11-17(3)23(18(4)12-15)30-21-9-7-8-10-22(21)31(25(30)26(27,28)29)24-19(5)13-16(2)14-20(24)6;1-15-11-17(3)21(18(4)12-15)30-23(26(27,28)29)31(25(9,10)24(30,7)8)22-19(5)13-16(2)14-20(22)6;1-16-12-18(3)25(19(4)13-16)27-22(7)28(24-11-9-8-10-23(24)27)26-20(5)14-17(2)15-21(26)6;1-13-9-15(3)21(16(4)10-13)28-19(7)20(8)29(23(28)24(25,26)27)22-17(5)11-14(2)12-18(22)6/h11-14,21-22,25H,7-10H2,1-6H3;11-14,23H,1-10H3;12-15,22-24H,8-11H2,1-7H3;9-12,19-20,23H,1-8H3/t21-,22-;;23-,24-;/m1.1./s1. The second-order valence-corrected chi connectivity index (χ2v) is 45.1. The Kier molecular flexibility index (Phi) is 28.3. The van der Waals surface area contributed by atoms with Gasteiger partial charge in [-0.15, -0.1) is 0 Å². The summed E-state index contributed by atoms with van der Waals surface area (Å²) in [6.45, 7) is 68.3. The van der Waals surface area contributed by atoms with E-state index in [9.17, 15) is 0 Å². The Hall–Kier alpha value is -5.23. The van der Waals surface area contributed by atoms with E-state index >= 15 is 0 Å². The number of nitrogens with zero attached hydrogens (tertiary/aromatic N) is 8. The van der Waals surface area contributed by atoms with Gasteiger partial charge in [0.15, 0.2) is 18.5 Å². The Morgan fingerprint density at radius 3 is 0.563 bits per heavy atom. The van der Waals surface area contributed by atoms with Gasteiger partial charge in [-0.05, 0) is 329 Å². The maximum atomic E-state index is 6.81. The van der Waals surface area contributed by atoms with Crippen LogP contribution in [0.1, 0.15) is 233 Å². The van der Waals surface area contributed by atoms with Crippen molar-refractivity contribution >= 4 is 150 Å². The summed E-state index contributed by atoms with van der Waals surface area (Å²) in [5.41, 5.74) is 39.9. The van der Waals surface area contributed by atoms with Crippen molar-refractivity contribution < 1.29 is 0 Å². The summed E-state index contributed by atoms with van der Waals surface area (Å²) in [5.74, 6) is 0. The van der Waals surface area contributed by atoms with Crippen molar-refractivity contribution in [1.82, 2.24) is 0 Å². The molecular weight excluding hydrogens is 1660 g/mol. The number of benzene rings is 8. The van der Waals surface area contributed by atoms with E-state index in [0.717, 1.165) is 35.6 Å². The molecular formula is C102H135Cl9N8. The Morgan fingerprint density at radius 1 is 0.227 bits per heavy atom. The van der Waals surface area contributed by atoms with Gasteiger partial charge in [-0.1, -0.05) is 272 Å². The van der Waals surface area contributed by atoms with Crippen LogP contribution in [0.2, 0.25) is 0 Å². The first-order valence-corrected chi connectivity index (χ1v) is 46.7. The van der Waals surface area contributed by atoms with Gasteiger partial charge in [-0.2, -0.15) is 0 Å². The van der Waals surface area contributed by atoms with Gasteiger partial charge in [0.05, 0.1) is 41.4 Å². The lowest BCUT2D eigenvalue weighted by Gasteiger charge is -2.44. The van der Waals surface area contributed by atoms with Crippen molar-refractivity contribution in [3.8, 4) is 0 Å². The number of halogens is 9. The molecule has 17 heteroatoms. The van der Waals surface area contributed by atoms with Crippen LogP contribution in [0.5, 0.6) is 0 Å². The van der Waals surface area contributed by atoms with E-state index in [0.29, 0.717) is 30.3 Å². The first kappa shape index (κ1) is 94.4. The summed E-state index contributed by atoms with van der Waals surface area (Å²) in [4.78, 5) is 19.8. The zero-order valence-corrected chi connectivity index (χ0v) is 84.0. The molecule has 6 fully saturated rings. The average Bonchev–Trinajstić information content (AvgIpc) is 1.53. The first-order valence-electron chi connectivity index (χ1n) is 43.3. The SMILES string of the molecule is Cc1cc(C)c(N2C(C(Cl)(Cl)Cl)N(c3c(C)cc(C)cc3C)C(C)(C)C2(C)C)c(C)c1.Cc1cc(C)c(N2C(C(Cl)(Cl)Cl)N(c3c(C)cc(C)cc3C)[C@@H]3CCCC[C@H]32)c(C)c1.Cc1cc(C)c(N2C(C)C(C)N(c3c(C)cc(C)cc3C)C2C(Cl)(Cl)Cl)c(C)c1.Cc1cc(C)c(N2C(C)N(c3c(C)cc(C)cc3C)[C@@H]3CCCC[C@H]32)c(C)c1. The zero-order valence-electron chi connectivity index (χ0n) is 77.1. The Labute approximate surface area is 762 Å². The number of fused-ring (bicyclic) bond motifs is 2. The molecule has 0 amide bonds. The quantitative estimate of drug-likeness (QED) is 0.139. The third-order valence-electron chi connectivity index (χ3n) is 27.4. The third-order valence-corrected chi connectivity index (χ3v) is 29.2. The highest BCUT2D eigenvalue weighted by atomic mass is 35.6. The van der Waals surface area contributed by atoms with E-state index in [1.165, 1.54) is 195 Å². The molecule has 0 radical (unpaired) electrons. The summed E-state index contributed by atoms with van der Waals surface area (Å²) >= 11 is 60.9. The first-order chi connectivity index (χ1) is 55.1. The van der Waals surface area contributed by atoms with E-state index in [1.807, 2.05) is 0 Å². The van der Waals surface area contributed by atoms with Gasteiger partial charge in [0, 0.05) is 57.6 Å². The molecule has 646 valence electrons. The Bertz CT molecular complexity index is 4620. The van der Waals surface area contributed by atoms with Crippen LogP contribution in [-0.2, 0) is 0 Å². The Morgan fingerprint density at radius 2 is 0.378 bits per heavy atom. The van der Waals surface area contributed by atoms with Gasteiger partial charge >= 0.3 is 0 Å². The molecule has 0 bridgehead atoms. The highest BCUT2D eigenvalue weighted by Gasteiger charge is 2.64. The topological polar surface area (TPSA) is 25.9 Å². The maximum absolute atomic E-state index is 6.81. The minimum atomic E-state index is -1.53. The average molecular weight is 1790 g/mol. The molecule has 119 heavy (non-hydrogen) atoms. The van der Waals surface area contributed by atoms with E-state index in [-0.39, 0.29) is 29.3 Å². The summed E-state index contributed by atoms with van der Waals surface area (Å²) in [6.07, 6.45) is 9.15. The van der Waals surface area contributed by atoms with Crippen molar-refractivity contribution in [3.05, 3.63) is 231 Å². The predicted octanol–water partition coefficient (Wildman–Crippen LogP) is 29.8. The molecule has 6 aliphatic rings. The lowest BCUT2D eigenvalue weighted by Crippen LogP contribution is -2.54. The van der Waals surface area contributed by atoms with Crippen LogP contribution >= 0.6 is 104 Å². The van der Waals surface area contributed by atoms with Crippen molar-refractivity contribution in [2.45, 2.75) is 349 Å². The summed E-state index contributed by atoms with van der Waals surface area (Å²) < 4.78 is -4.46. The van der Waals surface area contributed by atoms with Crippen LogP contribution in [0.25, 0.3) is 0 Å². The van der Waals surface area contributed by atoms with Crippen molar-refractivity contribution in [2.75, 3.05) is 39.2 Å². The molecule has 0 N–H and O–H groups in total. The molecule has 8 aromatic carbocycles. The summed E-state index contributed by atoms with van der Waals surface area (Å²) in [5, 5.41) is 0. The number of aryl methyl sites for hydroxylation is 24. The molecule has 4 saturated heterocycles. The molecule has 14 rings (SSSR count). The van der Waals surface area contributed by atoms with Crippen LogP contribution in [-0.4, -0.2) is 83.4 Å². The summed E-state index contributed by atoms with van der Waals surface area (Å²) in [6, 6.07) is 38.4. The Balaban J connectivity index is 0.000000155. The normalized spacial score (nSPS) is 21.5. The molecule has 6 atom stereocenters. The zero-order chi connectivity index (χ0) is 88.3. The fraction of sp³-hybridized carbons (Fsp3) is 0.529.